The van der Waals surface area contributed by atoms with Crippen molar-refractivity contribution in [3.8, 4) is 5.75 Å². The number of rotatable bonds is 3. The van der Waals surface area contributed by atoms with Crippen LogP contribution in [0.15, 0.2) is 30.5 Å². The number of allylic oxidation sites excluding steroid dienone is 1. The third-order valence-electron chi connectivity index (χ3n) is 3.39. The maximum Gasteiger partial charge on any atom is 0.190 e. The first-order valence-corrected chi connectivity index (χ1v) is 6.51. The second kappa shape index (κ2) is 5.89. The Morgan fingerprint density at radius 2 is 1.95 bits per heavy atom. The van der Waals surface area contributed by atoms with Crippen LogP contribution in [0.5, 0.6) is 5.75 Å². The van der Waals surface area contributed by atoms with Crippen LogP contribution < -0.4 is 0 Å². The van der Waals surface area contributed by atoms with E-state index in [-0.39, 0.29) is 11.5 Å². The Morgan fingerprint density at radius 3 is 2.58 bits per heavy atom. The van der Waals surface area contributed by atoms with Gasteiger partial charge in [0.2, 0.25) is 0 Å². The standard InChI is InChI=1S/C15H20N2O2/c1-12-3-4-13(15(19)11-12)14(18)5-6-17-9-7-16(2)8-10-17/h3-6,11,19H,7-10H2,1-2H3/b6-5+. The molecule has 0 unspecified atom stereocenters. The maximum atomic E-state index is 12.0. The fourth-order valence-electron chi connectivity index (χ4n) is 2.08. The molecule has 1 aliphatic rings. The molecule has 1 fully saturated rings. The number of piperazine rings is 1. The Kier molecular flexibility index (Phi) is 4.22. The van der Waals surface area contributed by atoms with Crippen LogP contribution in [-0.2, 0) is 0 Å². The van der Waals surface area contributed by atoms with Crippen molar-refractivity contribution in [3.63, 3.8) is 0 Å². The van der Waals surface area contributed by atoms with Crippen LogP contribution in [-0.4, -0.2) is 53.9 Å². The number of ketones is 1. The summed E-state index contributed by atoms with van der Waals surface area (Å²) in [4.78, 5) is 16.4. The van der Waals surface area contributed by atoms with Crippen molar-refractivity contribution in [2.24, 2.45) is 0 Å². The molecule has 4 nitrogen and oxygen atoms in total. The highest BCUT2D eigenvalue weighted by atomic mass is 16.3. The zero-order valence-electron chi connectivity index (χ0n) is 11.5. The summed E-state index contributed by atoms with van der Waals surface area (Å²) in [6.45, 7) is 5.76. The summed E-state index contributed by atoms with van der Waals surface area (Å²) in [6, 6.07) is 5.11. The molecule has 4 heteroatoms. The number of carbonyl (C=O) groups excluding carboxylic acids is 1. The molecular formula is C15H20N2O2. The number of nitrogens with zero attached hydrogens (tertiary/aromatic N) is 2. The number of hydrogen-bond acceptors (Lipinski definition) is 4. The Bertz CT molecular complexity index is 489. The summed E-state index contributed by atoms with van der Waals surface area (Å²) in [5.74, 6) is -0.107. The molecule has 1 aliphatic heterocycles. The van der Waals surface area contributed by atoms with Crippen molar-refractivity contribution in [3.05, 3.63) is 41.6 Å². The summed E-state index contributed by atoms with van der Waals surface area (Å²) in [6.07, 6.45) is 3.37. The molecule has 102 valence electrons. The molecule has 0 aliphatic carbocycles. The third kappa shape index (κ3) is 3.58. The molecule has 0 aromatic heterocycles. The number of aryl methyl sites for hydroxylation is 1. The minimum absolute atomic E-state index is 0.0491. The van der Waals surface area contributed by atoms with Crippen LogP contribution in [0, 0.1) is 6.92 Å². The summed E-state index contributed by atoms with van der Waals surface area (Å²) in [5.41, 5.74) is 1.30. The fraction of sp³-hybridized carbons (Fsp3) is 0.400. The monoisotopic (exact) mass is 260 g/mol. The van der Waals surface area contributed by atoms with Gasteiger partial charge in [-0.15, -0.1) is 0 Å². The van der Waals surface area contributed by atoms with E-state index in [0.29, 0.717) is 5.56 Å². The number of aromatic hydroxyl groups is 1. The lowest BCUT2D eigenvalue weighted by Gasteiger charge is -2.31. The molecule has 1 aromatic rings. The molecule has 1 heterocycles. The first-order valence-electron chi connectivity index (χ1n) is 6.51. The van der Waals surface area contributed by atoms with Crippen molar-refractivity contribution in [2.75, 3.05) is 33.2 Å². The van der Waals surface area contributed by atoms with Gasteiger partial charge in [-0.1, -0.05) is 6.07 Å². The predicted octanol–water partition coefficient (Wildman–Crippen LogP) is 1.64. The van der Waals surface area contributed by atoms with Crippen molar-refractivity contribution in [1.29, 1.82) is 0 Å². The van der Waals surface area contributed by atoms with Crippen LogP contribution in [0.3, 0.4) is 0 Å². The van der Waals surface area contributed by atoms with Gasteiger partial charge in [-0.3, -0.25) is 4.79 Å². The largest absolute Gasteiger partial charge is 0.507 e. The molecule has 0 bridgehead atoms. The zero-order valence-corrected chi connectivity index (χ0v) is 11.5. The molecule has 0 saturated carbocycles. The predicted molar refractivity (Wildman–Crippen MR) is 75.4 cm³/mol. The first-order chi connectivity index (χ1) is 9.06. The van der Waals surface area contributed by atoms with Crippen LogP contribution in [0.25, 0.3) is 0 Å². The van der Waals surface area contributed by atoms with Gasteiger partial charge in [0.1, 0.15) is 5.75 Å². The van der Waals surface area contributed by atoms with Gasteiger partial charge in [-0.25, -0.2) is 0 Å². The summed E-state index contributed by atoms with van der Waals surface area (Å²) in [7, 11) is 2.09. The van der Waals surface area contributed by atoms with E-state index < -0.39 is 0 Å². The number of phenols is 1. The second-order valence-electron chi connectivity index (χ2n) is 5.04. The molecule has 1 N–H and O–H groups in total. The van der Waals surface area contributed by atoms with E-state index in [1.165, 1.54) is 6.08 Å². The molecule has 1 aromatic carbocycles. The van der Waals surface area contributed by atoms with E-state index in [2.05, 4.69) is 16.8 Å². The molecule has 1 saturated heterocycles. The van der Waals surface area contributed by atoms with E-state index in [0.717, 1.165) is 31.7 Å². The average molecular weight is 260 g/mol. The lowest BCUT2D eigenvalue weighted by Crippen LogP contribution is -2.41. The maximum absolute atomic E-state index is 12.0. The molecule has 0 spiro atoms. The second-order valence-corrected chi connectivity index (χ2v) is 5.04. The minimum Gasteiger partial charge on any atom is -0.507 e. The summed E-state index contributed by atoms with van der Waals surface area (Å²) >= 11 is 0. The van der Waals surface area contributed by atoms with Gasteiger partial charge in [-0.2, -0.15) is 0 Å². The highest BCUT2D eigenvalue weighted by molar-refractivity contribution is 6.06. The van der Waals surface area contributed by atoms with Gasteiger partial charge >= 0.3 is 0 Å². The molecular weight excluding hydrogens is 240 g/mol. The fourth-order valence-corrected chi connectivity index (χ4v) is 2.08. The Labute approximate surface area is 113 Å². The Hall–Kier alpha value is -1.81. The SMILES string of the molecule is Cc1ccc(C(=O)/C=C/N2CCN(C)CC2)c(O)c1. The van der Waals surface area contributed by atoms with Crippen molar-refractivity contribution >= 4 is 5.78 Å². The molecule has 0 amide bonds. The van der Waals surface area contributed by atoms with Crippen LogP contribution >= 0.6 is 0 Å². The number of carbonyl (C=O) groups is 1. The highest BCUT2D eigenvalue weighted by Crippen LogP contribution is 2.19. The van der Waals surface area contributed by atoms with E-state index >= 15 is 0 Å². The number of likely N-dealkylation sites (N-methyl/N-ethyl adjacent to an activating group) is 1. The summed E-state index contributed by atoms with van der Waals surface area (Å²) < 4.78 is 0. The van der Waals surface area contributed by atoms with Gasteiger partial charge in [0.25, 0.3) is 0 Å². The van der Waals surface area contributed by atoms with Crippen molar-refractivity contribution in [2.45, 2.75) is 6.92 Å². The number of benzene rings is 1. The van der Waals surface area contributed by atoms with Crippen molar-refractivity contribution < 1.29 is 9.90 Å². The van der Waals surface area contributed by atoms with Gasteiger partial charge in [0.05, 0.1) is 5.56 Å². The zero-order chi connectivity index (χ0) is 13.8. The number of hydrogen-bond donors (Lipinski definition) is 1. The van der Waals surface area contributed by atoms with Crippen molar-refractivity contribution in [1.82, 2.24) is 9.80 Å². The topological polar surface area (TPSA) is 43.8 Å². The first kappa shape index (κ1) is 13.6. The van der Waals surface area contributed by atoms with Gasteiger partial charge < -0.3 is 14.9 Å². The number of phenolic OH excluding ortho intramolecular Hbond substituents is 1. The van der Waals surface area contributed by atoms with E-state index in [9.17, 15) is 9.90 Å². The van der Waals surface area contributed by atoms with E-state index in [1.54, 1.807) is 12.1 Å². The van der Waals surface area contributed by atoms with Crippen LogP contribution in [0.4, 0.5) is 0 Å². The lowest BCUT2D eigenvalue weighted by atomic mass is 10.1. The van der Waals surface area contributed by atoms with Crippen LogP contribution in [0.2, 0.25) is 0 Å². The normalized spacial score (nSPS) is 17.1. The Balaban J connectivity index is 2.00. The minimum atomic E-state index is -0.156. The quantitative estimate of drug-likeness (QED) is 0.663. The van der Waals surface area contributed by atoms with Gasteiger partial charge in [0, 0.05) is 38.5 Å². The Morgan fingerprint density at radius 1 is 1.26 bits per heavy atom. The average Bonchev–Trinajstić information content (AvgIpc) is 2.37. The highest BCUT2D eigenvalue weighted by Gasteiger charge is 2.12. The van der Waals surface area contributed by atoms with Gasteiger partial charge in [-0.05, 0) is 31.7 Å². The lowest BCUT2D eigenvalue weighted by molar-refractivity contribution is 0.104. The third-order valence-corrected chi connectivity index (χ3v) is 3.39. The molecule has 0 radical (unpaired) electrons. The molecule has 2 rings (SSSR count). The van der Waals surface area contributed by atoms with E-state index in [1.807, 2.05) is 19.2 Å². The van der Waals surface area contributed by atoms with Gasteiger partial charge in [0.15, 0.2) is 5.78 Å². The molecule has 19 heavy (non-hydrogen) atoms. The smallest absolute Gasteiger partial charge is 0.190 e. The summed E-state index contributed by atoms with van der Waals surface area (Å²) in [5, 5.41) is 9.76. The van der Waals surface area contributed by atoms with E-state index in [4.69, 9.17) is 0 Å². The van der Waals surface area contributed by atoms with Crippen LogP contribution in [0.1, 0.15) is 15.9 Å². The molecule has 0 atom stereocenters.